The molecule has 1 N–H and O–H groups in total. The second-order valence-corrected chi connectivity index (χ2v) is 12.2. The first-order valence-electron chi connectivity index (χ1n) is 15.5. The van der Waals surface area contributed by atoms with E-state index in [1.165, 1.54) is 0 Å². The molecule has 1 aromatic carbocycles. The normalized spacial score (nSPS) is 22.3. The molecule has 3 atom stereocenters. The molecular weight excluding hydrogens is 508 g/mol. The van der Waals surface area contributed by atoms with Crippen LogP contribution in [0, 0.1) is 23.7 Å². The highest BCUT2D eigenvalue weighted by molar-refractivity contribution is 5.77. The van der Waals surface area contributed by atoms with Gasteiger partial charge in [0.15, 0.2) is 11.5 Å². The summed E-state index contributed by atoms with van der Waals surface area (Å²) in [6.07, 6.45) is 8.01. The molecule has 3 fully saturated rings. The van der Waals surface area contributed by atoms with Gasteiger partial charge in [-0.1, -0.05) is 13.8 Å². The molecule has 1 aromatic rings. The molecule has 3 aliphatic rings. The van der Waals surface area contributed by atoms with E-state index >= 15 is 0 Å². The number of benzene rings is 1. The Morgan fingerprint density at radius 1 is 1.05 bits per heavy atom. The molecule has 1 amide bonds. The monoisotopic (exact) mass is 560 g/mol. The third-order valence-electron chi connectivity index (χ3n) is 8.78. The van der Waals surface area contributed by atoms with E-state index in [2.05, 4.69) is 24.1 Å². The lowest BCUT2D eigenvalue weighted by Crippen LogP contribution is -2.37. The van der Waals surface area contributed by atoms with Gasteiger partial charge in [-0.25, -0.2) is 0 Å². The highest BCUT2D eigenvalue weighted by atomic mass is 16.5. The first-order chi connectivity index (χ1) is 19.5. The van der Waals surface area contributed by atoms with Crippen LogP contribution in [0.15, 0.2) is 18.2 Å². The van der Waals surface area contributed by atoms with Gasteiger partial charge in [-0.05, 0) is 87.4 Å². The molecule has 0 bridgehead atoms. The van der Waals surface area contributed by atoms with Gasteiger partial charge in [0.2, 0.25) is 5.91 Å². The van der Waals surface area contributed by atoms with Crippen LogP contribution in [-0.4, -0.2) is 83.2 Å². The van der Waals surface area contributed by atoms with Gasteiger partial charge in [0.1, 0.15) is 11.9 Å². The Morgan fingerprint density at radius 2 is 1.82 bits per heavy atom. The number of hydrogen-bond acceptors (Lipinski definition) is 7. The molecule has 2 aliphatic heterocycles. The standard InChI is InChI=1S/C32H52N2O6/c1-23(2)30(40-28-8-9-29(37-4)31(20-28)39-15-5-14-36-3)19-26-22-33-21-25(26)10-13-34(27-6-7-27)32(35)18-24-11-16-38-17-12-24/h8-9,20,23-27,30,33H,5-7,10-19,21-22H2,1-4H3/t25-,26-,30+/m1/s1. The molecule has 4 rings (SSSR count). The van der Waals surface area contributed by atoms with E-state index in [-0.39, 0.29) is 6.10 Å². The van der Waals surface area contributed by atoms with E-state index in [1.54, 1.807) is 14.2 Å². The van der Waals surface area contributed by atoms with Crippen molar-refractivity contribution >= 4 is 5.91 Å². The SMILES string of the molecule is COCCCOc1cc(O[C@@H](C[C@@H]2CNC[C@H]2CCN(C(=O)CC2CCOCC2)C2CC2)C(C)C)ccc1OC. The van der Waals surface area contributed by atoms with Crippen molar-refractivity contribution in [3.63, 3.8) is 0 Å². The molecule has 226 valence electrons. The van der Waals surface area contributed by atoms with Crippen molar-refractivity contribution in [3.05, 3.63) is 18.2 Å². The molecule has 8 nitrogen and oxygen atoms in total. The van der Waals surface area contributed by atoms with Crippen LogP contribution < -0.4 is 19.5 Å². The number of amides is 1. The van der Waals surface area contributed by atoms with E-state index in [0.29, 0.717) is 66.8 Å². The summed E-state index contributed by atoms with van der Waals surface area (Å²) in [7, 11) is 3.35. The fraction of sp³-hybridized carbons (Fsp3) is 0.781. The van der Waals surface area contributed by atoms with E-state index in [1.807, 2.05) is 18.2 Å². The van der Waals surface area contributed by atoms with E-state index in [9.17, 15) is 4.79 Å². The third-order valence-corrected chi connectivity index (χ3v) is 8.78. The number of rotatable bonds is 17. The van der Waals surface area contributed by atoms with Crippen LogP contribution in [0.25, 0.3) is 0 Å². The lowest BCUT2D eigenvalue weighted by Gasteiger charge is -2.30. The van der Waals surface area contributed by atoms with Crippen molar-refractivity contribution in [1.29, 1.82) is 0 Å². The van der Waals surface area contributed by atoms with Crippen molar-refractivity contribution in [1.82, 2.24) is 10.2 Å². The van der Waals surface area contributed by atoms with Gasteiger partial charge < -0.3 is 33.9 Å². The minimum absolute atomic E-state index is 0.0943. The second kappa shape index (κ2) is 15.8. The summed E-state index contributed by atoms with van der Waals surface area (Å²) >= 11 is 0. The molecule has 40 heavy (non-hydrogen) atoms. The maximum absolute atomic E-state index is 13.2. The van der Waals surface area contributed by atoms with Crippen molar-refractivity contribution in [2.75, 3.05) is 60.3 Å². The summed E-state index contributed by atoms with van der Waals surface area (Å²) in [6, 6.07) is 6.30. The first kappa shape index (κ1) is 30.9. The number of nitrogens with one attached hydrogen (secondary N) is 1. The Bertz CT molecular complexity index is 901. The van der Waals surface area contributed by atoms with Crippen LogP contribution >= 0.6 is 0 Å². The predicted octanol–water partition coefficient (Wildman–Crippen LogP) is 4.94. The molecule has 1 saturated carbocycles. The van der Waals surface area contributed by atoms with Gasteiger partial charge in [0.05, 0.1) is 13.7 Å². The van der Waals surface area contributed by atoms with Crippen molar-refractivity contribution in [2.45, 2.75) is 77.4 Å². The van der Waals surface area contributed by atoms with E-state index < -0.39 is 0 Å². The van der Waals surface area contributed by atoms with E-state index in [4.69, 9.17) is 23.7 Å². The Kier molecular flexibility index (Phi) is 12.2. The predicted molar refractivity (Wildman–Crippen MR) is 156 cm³/mol. The lowest BCUT2D eigenvalue weighted by molar-refractivity contribution is -0.133. The first-order valence-corrected chi connectivity index (χ1v) is 15.5. The molecule has 8 heteroatoms. The molecule has 0 spiro atoms. The van der Waals surface area contributed by atoms with Gasteiger partial charge in [-0.2, -0.15) is 0 Å². The molecule has 0 unspecified atom stereocenters. The molecule has 2 heterocycles. The number of hydrogen-bond donors (Lipinski definition) is 1. The number of ether oxygens (including phenoxy) is 5. The molecule has 0 aromatic heterocycles. The van der Waals surface area contributed by atoms with Gasteiger partial charge in [-0.15, -0.1) is 0 Å². The van der Waals surface area contributed by atoms with Crippen molar-refractivity contribution in [2.24, 2.45) is 23.7 Å². The fourth-order valence-corrected chi connectivity index (χ4v) is 6.08. The topological polar surface area (TPSA) is 78.5 Å². The fourth-order valence-electron chi connectivity index (χ4n) is 6.08. The van der Waals surface area contributed by atoms with Gasteiger partial charge in [-0.3, -0.25) is 4.79 Å². The van der Waals surface area contributed by atoms with Crippen LogP contribution in [0.1, 0.15) is 65.2 Å². The lowest BCUT2D eigenvalue weighted by atomic mass is 9.85. The van der Waals surface area contributed by atoms with Gasteiger partial charge in [0, 0.05) is 58.4 Å². The summed E-state index contributed by atoms with van der Waals surface area (Å²) in [6.45, 7) is 10.2. The number of nitrogens with zero attached hydrogens (tertiary/aromatic N) is 1. The van der Waals surface area contributed by atoms with Crippen LogP contribution in [-0.2, 0) is 14.3 Å². The zero-order valence-corrected chi connectivity index (χ0v) is 25.2. The summed E-state index contributed by atoms with van der Waals surface area (Å²) < 4.78 is 28.7. The molecule has 2 saturated heterocycles. The van der Waals surface area contributed by atoms with Crippen LogP contribution in [0.2, 0.25) is 0 Å². The molecule has 0 radical (unpaired) electrons. The van der Waals surface area contributed by atoms with Crippen LogP contribution in [0.5, 0.6) is 17.2 Å². The maximum Gasteiger partial charge on any atom is 0.223 e. The Balaban J connectivity index is 1.32. The van der Waals surface area contributed by atoms with Gasteiger partial charge >= 0.3 is 0 Å². The third kappa shape index (κ3) is 9.25. The number of methoxy groups -OCH3 is 2. The molecule has 1 aliphatic carbocycles. The summed E-state index contributed by atoms with van der Waals surface area (Å²) in [4.78, 5) is 15.5. The highest BCUT2D eigenvalue weighted by Crippen LogP contribution is 2.35. The average molecular weight is 561 g/mol. The average Bonchev–Trinajstić information content (AvgIpc) is 3.70. The minimum Gasteiger partial charge on any atom is -0.493 e. The summed E-state index contributed by atoms with van der Waals surface area (Å²) in [5, 5.41) is 3.63. The number of carbonyl (C=O) groups is 1. The summed E-state index contributed by atoms with van der Waals surface area (Å²) in [5.74, 6) is 4.52. The maximum atomic E-state index is 13.2. The summed E-state index contributed by atoms with van der Waals surface area (Å²) in [5.41, 5.74) is 0. The van der Waals surface area contributed by atoms with Crippen LogP contribution in [0.3, 0.4) is 0 Å². The van der Waals surface area contributed by atoms with E-state index in [0.717, 1.165) is 83.5 Å². The van der Waals surface area contributed by atoms with Gasteiger partial charge in [0.25, 0.3) is 0 Å². The zero-order valence-electron chi connectivity index (χ0n) is 25.2. The highest BCUT2D eigenvalue weighted by Gasteiger charge is 2.36. The minimum atomic E-state index is 0.0943. The quantitative estimate of drug-likeness (QED) is 0.271. The Labute approximate surface area is 241 Å². The largest absolute Gasteiger partial charge is 0.493 e. The second-order valence-electron chi connectivity index (χ2n) is 12.2. The number of carbonyl (C=O) groups excluding carboxylic acids is 1. The smallest absolute Gasteiger partial charge is 0.223 e. The Hall–Kier alpha value is -2.03. The van der Waals surface area contributed by atoms with Crippen LogP contribution in [0.4, 0.5) is 0 Å². The van der Waals surface area contributed by atoms with Crippen molar-refractivity contribution < 1.29 is 28.5 Å². The van der Waals surface area contributed by atoms with Crippen molar-refractivity contribution in [3.8, 4) is 17.2 Å². The zero-order chi connectivity index (χ0) is 28.3. The molecular formula is C32H52N2O6. The Morgan fingerprint density at radius 3 is 2.52 bits per heavy atom.